The van der Waals surface area contributed by atoms with Gasteiger partial charge in [-0.25, -0.2) is 0 Å². The molecule has 4 rings (SSSR count). The summed E-state index contributed by atoms with van der Waals surface area (Å²) < 4.78 is 29.6. The Morgan fingerprint density at radius 1 is 0.800 bits per heavy atom. The van der Waals surface area contributed by atoms with Crippen molar-refractivity contribution in [1.29, 1.82) is 0 Å². The maximum Gasteiger partial charge on any atom is 0.282 e. The Balaban J connectivity index is 1.81. The summed E-state index contributed by atoms with van der Waals surface area (Å²) in [5.74, 6) is -0.285. The maximum atomic E-state index is 13.0. The third-order valence-corrected chi connectivity index (χ3v) is 6.48. The van der Waals surface area contributed by atoms with Gasteiger partial charge in [-0.05, 0) is 36.4 Å². The first kappa shape index (κ1) is 20.3. The van der Waals surface area contributed by atoms with E-state index >= 15 is 0 Å². The quantitative estimate of drug-likeness (QED) is 0.572. The molecule has 0 aliphatic heterocycles. The van der Waals surface area contributed by atoms with Crippen LogP contribution in [0, 0.1) is 0 Å². The van der Waals surface area contributed by atoms with Gasteiger partial charge in [0.15, 0.2) is 0 Å². The van der Waals surface area contributed by atoms with Crippen LogP contribution in [0.2, 0.25) is 10.0 Å². The fraction of sp³-hybridized carbons (Fsp3) is 0. The summed E-state index contributed by atoms with van der Waals surface area (Å²) in [6.07, 6.45) is 1.42. The summed E-state index contributed by atoms with van der Waals surface area (Å²) in [5.41, 5.74) is 1.67. The number of fused-ring (bicyclic) bond motifs is 1. The van der Waals surface area contributed by atoms with Gasteiger partial charge in [0.1, 0.15) is 0 Å². The van der Waals surface area contributed by atoms with Crippen LogP contribution in [-0.4, -0.2) is 19.9 Å². The van der Waals surface area contributed by atoms with Crippen LogP contribution in [0.4, 0.5) is 5.69 Å². The first-order valence-corrected chi connectivity index (χ1v) is 11.0. The smallest absolute Gasteiger partial charge is 0.282 e. The van der Waals surface area contributed by atoms with Crippen molar-refractivity contribution in [2.24, 2.45) is 4.40 Å². The fourth-order valence-corrected chi connectivity index (χ4v) is 4.32. The molecule has 0 heterocycles. The first-order chi connectivity index (χ1) is 14.3. The van der Waals surface area contributed by atoms with Crippen LogP contribution in [-0.2, 0) is 10.0 Å². The second-order valence-corrected chi connectivity index (χ2v) is 8.87. The van der Waals surface area contributed by atoms with Crippen molar-refractivity contribution < 1.29 is 13.2 Å². The Bertz CT molecular complexity index is 1320. The number of sulfonamides is 1. The monoisotopic (exact) mass is 456 g/mol. The Morgan fingerprint density at radius 3 is 2.17 bits per heavy atom. The van der Waals surface area contributed by atoms with E-state index in [9.17, 15) is 13.2 Å². The van der Waals surface area contributed by atoms with Gasteiger partial charge in [-0.2, -0.15) is 12.8 Å². The third-order valence-electron chi connectivity index (χ3n) is 4.43. The molecule has 8 heteroatoms. The van der Waals surface area contributed by atoms with Gasteiger partial charge in [-0.1, -0.05) is 65.7 Å². The number of nitrogens with zero attached hydrogens (tertiary/aromatic N) is 1. The highest BCUT2D eigenvalue weighted by Gasteiger charge is 2.26. The summed E-state index contributed by atoms with van der Waals surface area (Å²) in [6, 6.07) is 19.5. The van der Waals surface area contributed by atoms with Crippen LogP contribution in [0.1, 0.15) is 15.9 Å². The van der Waals surface area contributed by atoms with Crippen LogP contribution >= 0.6 is 23.2 Å². The highest BCUT2D eigenvalue weighted by molar-refractivity contribution is 7.90. The molecule has 0 spiro atoms. The fourth-order valence-electron chi connectivity index (χ4n) is 3.00. The van der Waals surface area contributed by atoms with Gasteiger partial charge < -0.3 is 5.32 Å². The molecule has 0 saturated heterocycles. The molecule has 150 valence electrons. The minimum absolute atomic E-state index is 0.0688. The average molecular weight is 457 g/mol. The van der Waals surface area contributed by atoms with Crippen molar-refractivity contribution in [2.75, 3.05) is 5.32 Å². The zero-order valence-electron chi connectivity index (χ0n) is 15.3. The van der Waals surface area contributed by atoms with Gasteiger partial charge in [0.05, 0.1) is 26.3 Å². The molecule has 30 heavy (non-hydrogen) atoms. The molecule has 0 amide bonds. The standard InChI is InChI=1S/C22H14Cl2N2O3S/c23-18-11-10-14(12-19(18)24)25-21-13-20(16-8-4-5-9-17(16)22(21)27)26-30(28,29)15-6-2-1-3-7-15/h1-13,25H/b26-20+. The predicted octanol–water partition coefficient (Wildman–Crippen LogP) is 5.36. The van der Waals surface area contributed by atoms with Gasteiger partial charge in [-0.3, -0.25) is 4.79 Å². The van der Waals surface area contributed by atoms with E-state index in [1.807, 2.05) is 0 Å². The number of Topliss-reactive ketones (excluding diaryl/α,β-unsaturated/α-hetero) is 1. The van der Waals surface area contributed by atoms with Gasteiger partial charge in [0.25, 0.3) is 10.0 Å². The molecule has 3 aromatic rings. The van der Waals surface area contributed by atoms with E-state index < -0.39 is 10.0 Å². The molecule has 0 saturated carbocycles. The van der Waals surface area contributed by atoms with E-state index in [0.29, 0.717) is 26.9 Å². The van der Waals surface area contributed by atoms with Crippen LogP contribution < -0.4 is 5.32 Å². The van der Waals surface area contributed by atoms with E-state index in [1.54, 1.807) is 60.7 Å². The predicted molar refractivity (Wildman–Crippen MR) is 119 cm³/mol. The summed E-state index contributed by atoms with van der Waals surface area (Å²) in [6.45, 7) is 0. The zero-order chi connectivity index (χ0) is 21.3. The molecule has 0 aromatic heterocycles. The van der Waals surface area contributed by atoms with Crippen LogP contribution in [0.3, 0.4) is 0 Å². The normalized spacial score (nSPS) is 14.9. The minimum Gasteiger partial charge on any atom is -0.352 e. The molecule has 1 aliphatic rings. The number of hydrogen-bond acceptors (Lipinski definition) is 4. The van der Waals surface area contributed by atoms with Crippen molar-refractivity contribution in [3.8, 4) is 0 Å². The number of rotatable bonds is 4. The van der Waals surface area contributed by atoms with Crippen molar-refractivity contribution in [2.45, 2.75) is 4.90 Å². The van der Waals surface area contributed by atoms with Crippen LogP contribution in [0.25, 0.3) is 0 Å². The minimum atomic E-state index is -3.96. The Morgan fingerprint density at radius 2 is 1.47 bits per heavy atom. The number of anilines is 1. The lowest BCUT2D eigenvalue weighted by atomic mass is 9.92. The van der Waals surface area contributed by atoms with E-state index in [2.05, 4.69) is 9.71 Å². The summed E-state index contributed by atoms with van der Waals surface area (Å²) in [7, 11) is -3.96. The third kappa shape index (κ3) is 4.03. The highest BCUT2D eigenvalue weighted by atomic mass is 35.5. The lowest BCUT2D eigenvalue weighted by Gasteiger charge is -2.19. The van der Waals surface area contributed by atoms with Gasteiger partial charge in [-0.15, -0.1) is 0 Å². The number of halogens is 2. The summed E-state index contributed by atoms with van der Waals surface area (Å²) in [4.78, 5) is 13.0. The number of nitrogens with one attached hydrogen (secondary N) is 1. The zero-order valence-corrected chi connectivity index (χ0v) is 17.7. The topological polar surface area (TPSA) is 75.6 Å². The largest absolute Gasteiger partial charge is 0.352 e. The molecule has 5 nitrogen and oxygen atoms in total. The molecule has 3 aromatic carbocycles. The Kier molecular flexibility index (Phi) is 5.47. The molecular weight excluding hydrogens is 443 g/mol. The van der Waals surface area contributed by atoms with Crippen molar-refractivity contribution >= 4 is 50.4 Å². The molecule has 1 aliphatic carbocycles. The van der Waals surface area contributed by atoms with Gasteiger partial charge in [0, 0.05) is 16.8 Å². The number of hydrogen-bond donors (Lipinski definition) is 1. The molecule has 0 atom stereocenters. The van der Waals surface area contributed by atoms with Crippen molar-refractivity contribution in [1.82, 2.24) is 0 Å². The molecular formula is C22H14Cl2N2O3S. The second kappa shape index (κ2) is 8.07. The van der Waals surface area contributed by atoms with E-state index in [-0.39, 0.29) is 22.1 Å². The molecule has 0 bridgehead atoms. The van der Waals surface area contributed by atoms with Crippen molar-refractivity contribution in [3.05, 3.63) is 106 Å². The summed E-state index contributed by atoms with van der Waals surface area (Å²) >= 11 is 12.0. The van der Waals surface area contributed by atoms with Crippen LogP contribution in [0.5, 0.6) is 0 Å². The van der Waals surface area contributed by atoms with E-state index in [1.165, 1.54) is 18.2 Å². The number of ketones is 1. The number of allylic oxidation sites excluding steroid dienone is 2. The average Bonchev–Trinajstić information content (AvgIpc) is 2.74. The number of benzene rings is 3. The Hall–Kier alpha value is -2.93. The molecule has 1 N–H and O–H groups in total. The molecule has 0 radical (unpaired) electrons. The summed E-state index contributed by atoms with van der Waals surface area (Å²) in [5, 5.41) is 3.70. The van der Waals surface area contributed by atoms with Crippen LogP contribution in [0.15, 0.2) is 93.9 Å². The van der Waals surface area contributed by atoms with E-state index in [4.69, 9.17) is 23.2 Å². The molecule has 0 unspecified atom stereocenters. The Labute approximate surface area is 183 Å². The van der Waals surface area contributed by atoms with E-state index in [0.717, 1.165) is 0 Å². The highest BCUT2D eigenvalue weighted by Crippen LogP contribution is 2.28. The number of carbonyl (C=O) groups is 1. The van der Waals surface area contributed by atoms with Gasteiger partial charge in [0.2, 0.25) is 5.78 Å². The first-order valence-electron chi connectivity index (χ1n) is 8.83. The lowest BCUT2D eigenvalue weighted by molar-refractivity contribution is 0.103. The second-order valence-electron chi connectivity index (χ2n) is 6.45. The SMILES string of the molecule is O=C1C(Nc2ccc(Cl)c(Cl)c2)=C/C(=N\S(=O)(=O)c2ccccc2)c2ccccc21. The van der Waals surface area contributed by atoms with Gasteiger partial charge >= 0.3 is 0 Å². The lowest BCUT2D eigenvalue weighted by Crippen LogP contribution is -2.22. The number of carbonyl (C=O) groups excluding carboxylic acids is 1. The van der Waals surface area contributed by atoms with Crippen molar-refractivity contribution in [3.63, 3.8) is 0 Å². The maximum absolute atomic E-state index is 13.0. The molecule has 0 fully saturated rings.